The largest absolute Gasteiger partial charge is 0.497 e. The highest BCUT2D eigenvalue weighted by molar-refractivity contribution is 6.01. The van der Waals surface area contributed by atoms with Gasteiger partial charge in [-0.15, -0.1) is 0 Å². The molecule has 1 aromatic carbocycles. The Labute approximate surface area is 101 Å². The summed E-state index contributed by atoms with van der Waals surface area (Å²) in [5.41, 5.74) is 0.480. The van der Waals surface area contributed by atoms with E-state index in [0.29, 0.717) is 11.3 Å². The maximum Gasteiger partial charge on any atom is 0.458 e. The minimum atomic E-state index is -4.88. The van der Waals surface area contributed by atoms with E-state index in [1.807, 2.05) is 0 Å². The number of methoxy groups -OCH3 is 1. The van der Waals surface area contributed by atoms with Gasteiger partial charge < -0.3 is 14.7 Å². The summed E-state index contributed by atoms with van der Waals surface area (Å²) in [4.78, 5) is 4.12. The van der Waals surface area contributed by atoms with Crippen molar-refractivity contribution in [1.29, 1.82) is 0 Å². The van der Waals surface area contributed by atoms with Crippen molar-refractivity contribution in [3.05, 3.63) is 29.8 Å². The van der Waals surface area contributed by atoms with Crippen molar-refractivity contribution >= 4 is 5.71 Å². The minimum Gasteiger partial charge on any atom is -0.497 e. The highest BCUT2D eigenvalue weighted by atomic mass is 19.4. The molecule has 0 saturated carbocycles. The molecule has 0 amide bonds. The third-order valence-corrected chi connectivity index (χ3v) is 2.58. The molecule has 0 spiro atoms. The normalized spacial score (nSPS) is 23.5. The molecular formula is C11H10F3NO3. The molecule has 1 heterocycles. The van der Waals surface area contributed by atoms with Crippen molar-refractivity contribution in [3.63, 3.8) is 0 Å². The van der Waals surface area contributed by atoms with E-state index in [9.17, 15) is 18.3 Å². The van der Waals surface area contributed by atoms with Crippen LogP contribution in [0.4, 0.5) is 13.2 Å². The minimum absolute atomic E-state index is 0.0393. The van der Waals surface area contributed by atoms with E-state index in [-0.39, 0.29) is 5.71 Å². The van der Waals surface area contributed by atoms with Crippen molar-refractivity contribution in [2.45, 2.75) is 18.4 Å². The maximum atomic E-state index is 12.5. The molecule has 1 aliphatic rings. The Hall–Kier alpha value is -1.76. The second-order valence-electron chi connectivity index (χ2n) is 3.82. The molecule has 0 saturated heterocycles. The molecule has 0 aromatic heterocycles. The predicted molar refractivity (Wildman–Crippen MR) is 56.2 cm³/mol. The van der Waals surface area contributed by atoms with Crippen LogP contribution in [0.3, 0.4) is 0 Å². The highest BCUT2D eigenvalue weighted by Gasteiger charge is 2.60. The molecule has 1 atom stereocenters. The number of alkyl halides is 3. The summed E-state index contributed by atoms with van der Waals surface area (Å²) >= 11 is 0. The number of nitrogens with zero attached hydrogens (tertiary/aromatic N) is 1. The van der Waals surface area contributed by atoms with Gasteiger partial charge in [-0.05, 0) is 29.8 Å². The third kappa shape index (κ3) is 2.13. The van der Waals surface area contributed by atoms with Gasteiger partial charge in [0.2, 0.25) is 0 Å². The summed E-state index contributed by atoms with van der Waals surface area (Å²) in [6.07, 6.45) is -5.62. The quantitative estimate of drug-likeness (QED) is 0.886. The van der Waals surface area contributed by atoms with Gasteiger partial charge in [0.15, 0.2) is 0 Å². The lowest BCUT2D eigenvalue weighted by molar-refractivity contribution is -0.355. The van der Waals surface area contributed by atoms with Crippen LogP contribution in [0.15, 0.2) is 29.4 Å². The molecule has 2 rings (SSSR count). The van der Waals surface area contributed by atoms with E-state index < -0.39 is 18.4 Å². The average Bonchev–Trinajstić information content (AvgIpc) is 2.73. The summed E-state index contributed by atoms with van der Waals surface area (Å²) < 4.78 is 42.4. The van der Waals surface area contributed by atoms with Crippen LogP contribution in [-0.2, 0) is 4.84 Å². The van der Waals surface area contributed by atoms with E-state index in [4.69, 9.17) is 4.74 Å². The molecule has 0 fully saturated rings. The number of benzene rings is 1. The fourth-order valence-electron chi connectivity index (χ4n) is 1.51. The smallest absolute Gasteiger partial charge is 0.458 e. The average molecular weight is 261 g/mol. The Balaban J connectivity index is 2.17. The van der Waals surface area contributed by atoms with Gasteiger partial charge in [0.1, 0.15) is 5.75 Å². The first-order valence-electron chi connectivity index (χ1n) is 5.04. The molecular weight excluding hydrogens is 251 g/mol. The van der Waals surface area contributed by atoms with E-state index in [0.717, 1.165) is 0 Å². The van der Waals surface area contributed by atoms with Crippen molar-refractivity contribution in [2.75, 3.05) is 7.11 Å². The highest BCUT2D eigenvalue weighted by Crippen LogP contribution is 2.38. The fraction of sp³-hybridized carbons (Fsp3) is 0.364. The Morgan fingerprint density at radius 2 is 1.94 bits per heavy atom. The zero-order valence-corrected chi connectivity index (χ0v) is 9.36. The number of hydrogen-bond acceptors (Lipinski definition) is 4. The van der Waals surface area contributed by atoms with Gasteiger partial charge in [-0.1, -0.05) is 5.16 Å². The molecule has 1 aliphatic heterocycles. The number of hydrogen-bond donors (Lipinski definition) is 1. The Kier molecular flexibility index (Phi) is 2.94. The number of rotatable bonds is 2. The summed E-state index contributed by atoms with van der Waals surface area (Å²) in [5, 5.41) is 12.6. The maximum absolute atomic E-state index is 12.5. The number of aliphatic hydroxyl groups is 1. The second kappa shape index (κ2) is 4.16. The lowest BCUT2D eigenvalue weighted by Crippen LogP contribution is -2.45. The number of halogens is 3. The van der Waals surface area contributed by atoms with E-state index in [2.05, 4.69) is 9.99 Å². The van der Waals surface area contributed by atoms with Crippen LogP contribution >= 0.6 is 0 Å². The van der Waals surface area contributed by atoms with Gasteiger partial charge in [-0.3, -0.25) is 0 Å². The van der Waals surface area contributed by atoms with Crippen molar-refractivity contribution in [1.82, 2.24) is 0 Å². The molecule has 0 aliphatic carbocycles. The van der Waals surface area contributed by atoms with Crippen LogP contribution in [0.25, 0.3) is 0 Å². The van der Waals surface area contributed by atoms with E-state index in [1.165, 1.54) is 7.11 Å². The topological polar surface area (TPSA) is 51.0 Å². The van der Waals surface area contributed by atoms with E-state index in [1.54, 1.807) is 24.3 Å². The monoisotopic (exact) mass is 261 g/mol. The second-order valence-corrected chi connectivity index (χ2v) is 3.82. The number of oxime groups is 1. The first-order valence-corrected chi connectivity index (χ1v) is 5.04. The zero-order chi connectivity index (χ0) is 13.4. The zero-order valence-electron chi connectivity index (χ0n) is 9.36. The Morgan fingerprint density at radius 1 is 1.33 bits per heavy atom. The summed E-state index contributed by atoms with van der Waals surface area (Å²) in [5.74, 6) is -2.66. The Bertz CT molecular complexity index is 469. The summed E-state index contributed by atoms with van der Waals surface area (Å²) in [6.45, 7) is 0. The van der Waals surface area contributed by atoms with Crippen molar-refractivity contribution in [2.24, 2.45) is 5.16 Å². The van der Waals surface area contributed by atoms with E-state index >= 15 is 0 Å². The van der Waals surface area contributed by atoms with Crippen LogP contribution in [-0.4, -0.2) is 29.9 Å². The molecule has 4 nitrogen and oxygen atoms in total. The van der Waals surface area contributed by atoms with Gasteiger partial charge in [0.25, 0.3) is 0 Å². The molecule has 1 aromatic rings. The number of ether oxygens (including phenoxy) is 1. The van der Waals surface area contributed by atoms with Gasteiger partial charge in [0.05, 0.1) is 19.2 Å². The standard InChI is InChI=1S/C11H10F3NO3/c1-17-8-4-2-7(3-5-8)9-6-10(16,18-15-9)11(12,13)14/h2-5,16H,6H2,1H3/t10-/m0/s1. The lowest BCUT2D eigenvalue weighted by Gasteiger charge is -2.22. The van der Waals surface area contributed by atoms with Gasteiger partial charge in [0, 0.05) is 0 Å². The first kappa shape index (κ1) is 12.7. The molecule has 0 unspecified atom stereocenters. The summed E-state index contributed by atoms with van der Waals surface area (Å²) in [6, 6.07) is 6.26. The molecule has 0 radical (unpaired) electrons. The molecule has 18 heavy (non-hydrogen) atoms. The van der Waals surface area contributed by atoms with Crippen LogP contribution in [0.2, 0.25) is 0 Å². The molecule has 98 valence electrons. The molecule has 7 heteroatoms. The van der Waals surface area contributed by atoms with Crippen molar-refractivity contribution in [3.8, 4) is 5.75 Å². The first-order chi connectivity index (χ1) is 8.36. The van der Waals surface area contributed by atoms with Crippen LogP contribution in [0.1, 0.15) is 12.0 Å². The fourth-order valence-corrected chi connectivity index (χ4v) is 1.51. The van der Waals surface area contributed by atoms with Gasteiger partial charge >= 0.3 is 12.0 Å². The SMILES string of the molecule is COc1ccc(C2=NO[C@](O)(C(F)(F)F)C2)cc1. The van der Waals surface area contributed by atoms with Crippen molar-refractivity contribution < 1.29 is 27.9 Å². The van der Waals surface area contributed by atoms with Crippen LogP contribution in [0.5, 0.6) is 5.75 Å². The van der Waals surface area contributed by atoms with Crippen LogP contribution < -0.4 is 4.74 Å². The molecule has 0 bridgehead atoms. The van der Waals surface area contributed by atoms with Gasteiger partial charge in [-0.2, -0.15) is 13.2 Å². The lowest BCUT2D eigenvalue weighted by atomic mass is 10.0. The third-order valence-electron chi connectivity index (χ3n) is 2.58. The van der Waals surface area contributed by atoms with Gasteiger partial charge in [-0.25, -0.2) is 0 Å². The predicted octanol–water partition coefficient (Wildman–Crippen LogP) is 2.07. The van der Waals surface area contributed by atoms with Crippen LogP contribution in [0, 0.1) is 0 Å². The Morgan fingerprint density at radius 3 is 2.39 bits per heavy atom. The summed E-state index contributed by atoms with van der Waals surface area (Å²) in [7, 11) is 1.48. The molecule has 1 N–H and O–H groups in total.